The Bertz CT molecular complexity index is 781. The molecule has 138 valence electrons. The van der Waals surface area contributed by atoms with Gasteiger partial charge in [0.15, 0.2) is 16.7 Å². The highest BCUT2D eigenvalue weighted by Crippen LogP contribution is 2.23. The largest absolute Gasteiger partial charge is 0.743 e. The number of nitrogens with one attached hydrogen (secondary N) is 1. The first kappa shape index (κ1) is 20.3. The van der Waals surface area contributed by atoms with Crippen molar-refractivity contribution in [1.29, 1.82) is 0 Å². The van der Waals surface area contributed by atoms with E-state index in [4.69, 9.17) is 5.73 Å². The van der Waals surface area contributed by atoms with Gasteiger partial charge in [0.2, 0.25) is 0 Å². The van der Waals surface area contributed by atoms with Crippen LogP contribution in [0.3, 0.4) is 0 Å². The van der Waals surface area contributed by atoms with Gasteiger partial charge in [-0.3, -0.25) is 5.32 Å². The molecule has 0 aromatic heterocycles. The summed E-state index contributed by atoms with van der Waals surface area (Å²) in [5.74, 6) is -1.34. The third kappa shape index (κ3) is 5.69. The second-order valence-electron chi connectivity index (χ2n) is 4.48. The number of rotatable bonds is 7. The molecule has 0 unspecified atom stereocenters. The fourth-order valence-corrected chi connectivity index (χ4v) is 1.59. The number of carbonyl (C=O) groups is 2. The highest BCUT2D eigenvalue weighted by molar-refractivity contribution is 7.86. The molecule has 0 aliphatic carbocycles. The van der Waals surface area contributed by atoms with E-state index in [2.05, 4.69) is 21.4 Å². The second-order valence-corrected chi connectivity index (χ2v) is 5.99. The van der Waals surface area contributed by atoms with Gasteiger partial charge < -0.3 is 19.8 Å². The van der Waals surface area contributed by atoms with E-state index in [9.17, 15) is 31.3 Å². The lowest BCUT2D eigenvalue weighted by atomic mass is 10.2. The average molecular weight is 379 g/mol. The Morgan fingerprint density at radius 2 is 2.00 bits per heavy atom. The van der Waals surface area contributed by atoms with E-state index < -0.39 is 34.0 Å². The molecule has 0 saturated carbocycles. The summed E-state index contributed by atoms with van der Waals surface area (Å²) in [6.07, 6.45) is 0.488. The minimum Gasteiger partial charge on any atom is -0.743 e. The first-order valence-corrected chi connectivity index (χ1v) is 7.83. The normalized spacial score (nSPS) is 11.5. The van der Waals surface area contributed by atoms with E-state index in [0.29, 0.717) is 0 Å². The number of hydrogen-bond donors (Lipinski definition) is 2. The molecule has 0 heterocycles. The fourth-order valence-electron chi connectivity index (χ4n) is 1.39. The molecule has 0 bridgehead atoms. The van der Waals surface area contributed by atoms with Crippen LogP contribution in [-0.2, 0) is 19.6 Å². The minimum absolute atomic E-state index is 0.0486. The van der Waals surface area contributed by atoms with Gasteiger partial charge in [-0.1, -0.05) is 12.7 Å². The Morgan fingerprint density at radius 1 is 1.36 bits per heavy atom. The Labute approximate surface area is 141 Å². The minimum atomic E-state index is -5.97. The number of nitrogen functional groups attached to an aromatic ring is 1. The summed E-state index contributed by atoms with van der Waals surface area (Å²) in [6.45, 7) is 1.36. The third-order valence-electron chi connectivity index (χ3n) is 2.59. The molecule has 0 aliphatic rings. The van der Waals surface area contributed by atoms with Crippen LogP contribution in [0.1, 0.15) is 10.4 Å². The summed E-state index contributed by atoms with van der Waals surface area (Å²) >= 11 is 0. The lowest BCUT2D eigenvalue weighted by Gasteiger charge is -2.19. The molecular formula is C13H13F2N2O7S-. The van der Waals surface area contributed by atoms with E-state index in [1.54, 1.807) is 0 Å². The topological polar surface area (TPSA) is 148 Å². The number of anilines is 2. The number of halogens is 2. The number of nitrogens with two attached hydrogens (primary N) is 1. The first-order valence-electron chi connectivity index (χ1n) is 6.42. The summed E-state index contributed by atoms with van der Waals surface area (Å²) in [5.41, 5.74) is 5.24. The predicted octanol–water partition coefficient (Wildman–Crippen LogP) is 1.30. The van der Waals surface area contributed by atoms with Gasteiger partial charge in [0, 0.05) is 0 Å². The van der Waals surface area contributed by atoms with Crippen molar-refractivity contribution in [2.75, 3.05) is 24.3 Å². The van der Waals surface area contributed by atoms with Crippen LogP contribution < -0.4 is 11.1 Å². The Hall–Kier alpha value is -2.73. The summed E-state index contributed by atoms with van der Waals surface area (Å²) in [4.78, 5) is 23.0. The van der Waals surface area contributed by atoms with E-state index in [1.807, 2.05) is 0 Å². The van der Waals surface area contributed by atoms with E-state index in [1.165, 1.54) is 12.1 Å². The van der Waals surface area contributed by atoms with Crippen molar-refractivity contribution >= 4 is 33.6 Å². The lowest BCUT2D eigenvalue weighted by Crippen LogP contribution is -2.34. The SMILES string of the molecule is C=CCOC(=O)Nc1ccc(C(=O)OCC(F)(F)S(=O)(=O)[O-])cc1N. The van der Waals surface area contributed by atoms with Crippen LogP contribution >= 0.6 is 0 Å². The number of alkyl halides is 2. The zero-order valence-electron chi connectivity index (χ0n) is 12.5. The molecule has 0 fully saturated rings. The van der Waals surface area contributed by atoms with E-state index >= 15 is 0 Å². The van der Waals surface area contributed by atoms with Gasteiger partial charge >= 0.3 is 17.3 Å². The molecule has 0 radical (unpaired) electrons. The smallest absolute Gasteiger partial charge is 0.412 e. The van der Waals surface area contributed by atoms with Crippen LogP contribution in [0.2, 0.25) is 0 Å². The fraction of sp³-hybridized carbons (Fsp3) is 0.231. The van der Waals surface area contributed by atoms with Crippen LogP contribution in [0.25, 0.3) is 0 Å². The molecule has 12 heteroatoms. The highest BCUT2D eigenvalue weighted by Gasteiger charge is 2.39. The number of benzene rings is 1. The van der Waals surface area contributed by atoms with Gasteiger partial charge in [-0.2, -0.15) is 8.78 Å². The van der Waals surface area contributed by atoms with Gasteiger partial charge in [0.05, 0.1) is 16.9 Å². The van der Waals surface area contributed by atoms with Crippen LogP contribution in [0.5, 0.6) is 0 Å². The average Bonchev–Trinajstić information content (AvgIpc) is 2.51. The number of ether oxygens (including phenoxy) is 2. The van der Waals surface area contributed by atoms with Crippen molar-refractivity contribution in [3.63, 3.8) is 0 Å². The van der Waals surface area contributed by atoms with Gasteiger partial charge in [0.1, 0.15) is 6.61 Å². The summed E-state index contributed by atoms with van der Waals surface area (Å²) < 4.78 is 65.5. The zero-order valence-corrected chi connectivity index (χ0v) is 13.3. The summed E-state index contributed by atoms with van der Waals surface area (Å²) in [7, 11) is -5.97. The lowest BCUT2D eigenvalue weighted by molar-refractivity contribution is -0.00996. The van der Waals surface area contributed by atoms with Crippen LogP contribution in [0.15, 0.2) is 30.9 Å². The van der Waals surface area contributed by atoms with Crippen molar-refractivity contribution in [2.24, 2.45) is 0 Å². The number of esters is 1. The third-order valence-corrected chi connectivity index (χ3v) is 3.44. The monoisotopic (exact) mass is 379 g/mol. The zero-order chi connectivity index (χ0) is 19.3. The van der Waals surface area contributed by atoms with Crippen molar-refractivity contribution in [3.05, 3.63) is 36.4 Å². The predicted molar refractivity (Wildman–Crippen MR) is 80.9 cm³/mol. The van der Waals surface area contributed by atoms with Crippen molar-refractivity contribution in [3.8, 4) is 0 Å². The quantitative estimate of drug-likeness (QED) is 0.312. The molecule has 1 aromatic rings. The summed E-state index contributed by atoms with van der Waals surface area (Å²) in [6, 6.07) is 3.24. The molecule has 3 N–H and O–H groups in total. The van der Waals surface area contributed by atoms with Gasteiger partial charge in [-0.05, 0) is 18.2 Å². The van der Waals surface area contributed by atoms with Crippen LogP contribution in [-0.4, -0.2) is 43.5 Å². The van der Waals surface area contributed by atoms with E-state index in [0.717, 1.165) is 12.1 Å². The molecule has 1 rings (SSSR count). The maximum Gasteiger partial charge on any atom is 0.412 e. The standard InChI is InChI=1S/C13H14F2N2O7S/c1-2-5-23-12(19)17-10-4-3-8(6-9(10)16)11(18)24-7-13(14,15)25(20,21)22/h2-4,6H,1,5,7,16H2,(H,17,19)(H,20,21,22)/p-1. The summed E-state index contributed by atoms with van der Waals surface area (Å²) in [5, 5.41) is -2.50. The Balaban J connectivity index is 2.77. The first-order chi connectivity index (χ1) is 11.5. The van der Waals surface area contributed by atoms with Gasteiger partial charge in [-0.15, -0.1) is 0 Å². The van der Waals surface area contributed by atoms with Crippen LogP contribution in [0.4, 0.5) is 25.0 Å². The number of hydrogen-bond acceptors (Lipinski definition) is 8. The molecular weight excluding hydrogens is 366 g/mol. The highest BCUT2D eigenvalue weighted by atomic mass is 32.2. The van der Waals surface area contributed by atoms with Crippen molar-refractivity contribution in [2.45, 2.75) is 5.25 Å². The Kier molecular flexibility index (Phi) is 6.42. The molecule has 0 saturated heterocycles. The van der Waals surface area contributed by atoms with E-state index in [-0.39, 0.29) is 23.5 Å². The molecule has 0 spiro atoms. The maximum absolute atomic E-state index is 12.9. The number of carbonyl (C=O) groups excluding carboxylic acids is 2. The number of amides is 1. The molecule has 1 aromatic carbocycles. The maximum atomic E-state index is 12.9. The van der Waals surface area contributed by atoms with Crippen molar-refractivity contribution < 1.29 is 40.8 Å². The molecule has 0 aliphatic heterocycles. The van der Waals surface area contributed by atoms with Crippen molar-refractivity contribution in [1.82, 2.24) is 0 Å². The molecule has 25 heavy (non-hydrogen) atoms. The van der Waals surface area contributed by atoms with Gasteiger partial charge in [-0.25, -0.2) is 18.0 Å². The molecule has 1 amide bonds. The second kappa shape index (κ2) is 7.90. The van der Waals surface area contributed by atoms with Gasteiger partial charge in [0.25, 0.3) is 0 Å². The molecule has 9 nitrogen and oxygen atoms in total. The van der Waals surface area contributed by atoms with Crippen LogP contribution in [0, 0.1) is 0 Å². The molecule has 0 atom stereocenters. The Morgan fingerprint density at radius 3 is 2.52 bits per heavy atom.